The quantitative estimate of drug-likeness (QED) is 0.716. The lowest BCUT2D eigenvalue weighted by Gasteiger charge is -2.37. The van der Waals surface area contributed by atoms with Crippen LogP contribution in [0.15, 0.2) is 54.2 Å². The van der Waals surface area contributed by atoms with Gasteiger partial charge in [-0.15, -0.1) is 0 Å². The van der Waals surface area contributed by atoms with Crippen molar-refractivity contribution in [2.45, 2.75) is 33.0 Å². The number of imide groups is 1. The third kappa shape index (κ3) is 3.56. The molecule has 1 saturated heterocycles. The van der Waals surface area contributed by atoms with Crippen molar-refractivity contribution >= 4 is 34.7 Å². The van der Waals surface area contributed by atoms with E-state index in [4.69, 9.17) is 16.3 Å². The monoisotopic (exact) mass is 410 g/mol. The summed E-state index contributed by atoms with van der Waals surface area (Å²) in [6, 6.07) is 14.6. The number of morpholine rings is 1. The Labute approximate surface area is 175 Å². The number of anilines is 1. The third-order valence-electron chi connectivity index (χ3n) is 5.27. The standard InChI is InChI=1S/C23H23ClN2O3/c1-14-9-10-18(11-19(14)24)26-22(27)20(17-7-5-4-6-8-17)21(23(26)28)25-12-15(2)29-16(3)13-25/h4-11,15-16H,12-13H2,1-3H3. The molecule has 0 radical (unpaired) electrons. The van der Waals surface area contributed by atoms with Gasteiger partial charge < -0.3 is 9.64 Å². The van der Waals surface area contributed by atoms with Crippen molar-refractivity contribution in [3.63, 3.8) is 0 Å². The van der Waals surface area contributed by atoms with Crippen molar-refractivity contribution < 1.29 is 14.3 Å². The van der Waals surface area contributed by atoms with Crippen LogP contribution in [0.2, 0.25) is 5.02 Å². The lowest BCUT2D eigenvalue weighted by molar-refractivity contribution is -0.121. The van der Waals surface area contributed by atoms with E-state index in [1.807, 2.05) is 62.1 Å². The van der Waals surface area contributed by atoms with E-state index in [0.29, 0.717) is 35.1 Å². The van der Waals surface area contributed by atoms with Crippen LogP contribution in [0.5, 0.6) is 0 Å². The first-order chi connectivity index (χ1) is 13.9. The molecule has 0 N–H and O–H groups in total. The summed E-state index contributed by atoms with van der Waals surface area (Å²) in [6.07, 6.45) is -0.0666. The smallest absolute Gasteiger partial charge is 0.282 e. The van der Waals surface area contributed by atoms with Crippen LogP contribution in [0.4, 0.5) is 5.69 Å². The summed E-state index contributed by atoms with van der Waals surface area (Å²) in [6.45, 7) is 6.94. The van der Waals surface area contributed by atoms with Crippen molar-refractivity contribution in [1.29, 1.82) is 0 Å². The van der Waals surface area contributed by atoms with Gasteiger partial charge in [-0.25, -0.2) is 4.90 Å². The van der Waals surface area contributed by atoms with Crippen LogP contribution in [-0.2, 0) is 14.3 Å². The average Bonchev–Trinajstić information content (AvgIpc) is 2.94. The lowest BCUT2D eigenvalue weighted by atomic mass is 10.0. The number of nitrogens with zero attached hydrogens (tertiary/aromatic N) is 2. The van der Waals surface area contributed by atoms with Gasteiger partial charge in [0.15, 0.2) is 0 Å². The molecule has 2 aromatic rings. The zero-order valence-electron chi connectivity index (χ0n) is 16.7. The molecule has 2 aliphatic heterocycles. The number of carbonyl (C=O) groups is 2. The van der Waals surface area contributed by atoms with Crippen LogP contribution in [0, 0.1) is 6.92 Å². The van der Waals surface area contributed by atoms with Crippen molar-refractivity contribution in [2.75, 3.05) is 18.0 Å². The molecular weight excluding hydrogens is 388 g/mol. The number of benzene rings is 2. The highest BCUT2D eigenvalue weighted by molar-refractivity contribution is 6.45. The van der Waals surface area contributed by atoms with Gasteiger partial charge in [-0.3, -0.25) is 9.59 Å². The molecule has 0 spiro atoms. The molecular formula is C23H23ClN2O3. The van der Waals surface area contributed by atoms with Gasteiger partial charge in [0.05, 0.1) is 23.5 Å². The summed E-state index contributed by atoms with van der Waals surface area (Å²) in [7, 11) is 0. The zero-order valence-corrected chi connectivity index (χ0v) is 17.4. The molecule has 29 heavy (non-hydrogen) atoms. The molecule has 4 rings (SSSR count). The van der Waals surface area contributed by atoms with Crippen molar-refractivity contribution in [3.8, 4) is 0 Å². The average molecular weight is 411 g/mol. The molecule has 5 nitrogen and oxygen atoms in total. The van der Waals surface area contributed by atoms with Crippen LogP contribution in [0.25, 0.3) is 5.57 Å². The summed E-state index contributed by atoms with van der Waals surface area (Å²) >= 11 is 6.27. The van der Waals surface area contributed by atoms with E-state index in [1.54, 1.807) is 12.1 Å². The van der Waals surface area contributed by atoms with Crippen molar-refractivity contribution in [3.05, 3.63) is 70.4 Å². The molecule has 2 aliphatic rings. The molecule has 150 valence electrons. The number of amides is 2. The maximum Gasteiger partial charge on any atom is 0.282 e. The minimum Gasteiger partial charge on any atom is -0.372 e. The predicted molar refractivity (Wildman–Crippen MR) is 114 cm³/mol. The number of halogens is 1. The molecule has 2 atom stereocenters. The number of hydrogen-bond acceptors (Lipinski definition) is 4. The number of hydrogen-bond donors (Lipinski definition) is 0. The summed E-state index contributed by atoms with van der Waals surface area (Å²) in [5.41, 5.74) is 2.96. The molecule has 6 heteroatoms. The molecule has 2 aromatic carbocycles. The second-order valence-corrected chi connectivity index (χ2v) is 8.04. The van der Waals surface area contributed by atoms with Gasteiger partial charge in [0.25, 0.3) is 11.8 Å². The van der Waals surface area contributed by atoms with Gasteiger partial charge in [-0.1, -0.05) is 48.0 Å². The van der Waals surface area contributed by atoms with Gasteiger partial charge >= 0.3 is 0 Å². The molecule has 0 aliphatic carbocycles. The summed E-state index contributed by atoms with van der Waals surface area (Å²) < 4.78 is 5.83. The van der Waals surface area contributed by atoms with Crippen LogP contribution in [0.1, 0.15) is 25.0 Å². The fourth-order valence-corrected chi connectivity index (χ4v) is 4.17. The van der Waals surface area contributed by atoms with E-state index in [1.165, 1.54) is 4.90 Å². The summed E-state index contributed by atoms with van der Waals surface area (Å²) in [4.78, 5) is 30.2. The fourth-order valence-electron chi connectivity index (χ4n) is 3.99. The van der Waals surface area contributed by atoms with E-state index in [0.717, 1.165) is 11.1 Å². The van der Waals surface area contributed by atoms with E-state index in [-0.39, 0.29) is 24.0 Å². The summed E-state index contributed by atoms with van der Waals surface area (Å²) in [5.74, 6) is -0.655. The maximum absolute atomic E-state index is 13.5. The molecule has 0 bridgehead atoms. The largest absolute Gasteiger partial charge is 0.372 e. The normalized spacial score (nSPS) is 22.6. The second-order valence-electron chi connectivity index (χ2n) is 7.63. The first-order valence-corrected chi connectivity index (χ1v) is 10.1. The number of aryl methyl sites for hydroxylation is 1. The first kappa shape index (κ1) is 19.7. The van der Waals surface area contributed by atoms with Crippen molar-refractivity contribution in [2.24, 2.45) is 0 Å². The molecule has 1 fully saturated rings. The second kappa shape index (κ2) is 7.65. The van der Waals surface area contributed by atoms with Gasteiger partial charge in [0, 0.05) is 18.1 Å². The van der Waals surface area contributed by atoms with E-state index in [2.05, 4.69) is 0 Å². The number of rotatable bonds is 3. The minimum atomic E-state index is -0.331. The van der Waals surface area contributed by atoms with Crippen LogP contribution < -0.4 is 4.90 Å². The van der Waals surface area contributed by atoms with E-state index in [9.17, 15) is 9.59 Å². The lowest BCUT2D eigenvalue weighted by Crippen LogP contribution is -2.47. The Morgan fingerprint density at radius 3 is 2.24 bits per heavy atom. The Morgan fingerprint density at radius 2 is 1.62 bits per heavy atom. The topological polar surface area (TPSA) is 49.9 Å². The molecule has 2 heterocycles. The van der Waals surface area contributed by atoms with Gasteiger partial charge in [0.2, 0.25) is 0 Å². The number of ether oxygens (including phenoxy) is 1. The van der Waals surface area contributed by atoms with Crippen molar-refractivity contribution in [1.82, 2.24) is 4.90 Å². The molecule has 2 unspecified atom stereocenters. The predicted octanol–water partition coefficient (Wildman–Crippen LogP) is 4.04. The Balaban J connectivity index is 1.83. The summed E-state index contributed by atoms with van der Waals surface area (Å²) in [5, 5.41) is 0.520. The fraction of sp³-hybridized carbons (Fsp3) is 0.304. The number of carbonyl (C=O) groups excluding carboxylic acids is 2. The third-order valence-corrected chi connectivity index (χ3v) is 5.68. The highest BCUT2D eigenvalue weighted by atomic mass is 35.5. The highest BCUT2D eigenvalue weighted by Crippen LogP contribution is 2.36. The Morgan fingerprint density at radius 1 is 0.966 bits per heavy atom. The molecule has 0 saturated carbocycles. The SMILES string of the molecule is Cc1ccc(N2C(=O)C(c3ccccc3)=C(N3CC(C)OC(C)C3)C2=O)cc1Cl. The zero-order chi connectivity index (χ0) is 20.7. The Kier molecular flexibility index (Phi) is 5.19. The molecule has 2 amide bonds. The van der Waals surface area contributed by atoms with Gasteiger partial charge in [-0.05, 0) is 44.0 Å². The van der Waals surface area contributed by atoms with Crippen LogP contribution >= 0.6 is 11.6 Å². The van der Waals surface area contributed by atoms with Crippen LogP contribution in [-0.4, -0.2) is 42.0 Å². The van der Waals surface area contributed by atoms with E-state index < -0.39 is 0 Å². The van der Waals surface area contributed by atoms with Gasteiger partial charge in [0.1, 0.15) is 5.70 Å². The highest BCUT2D eigenvalue weighted by Gasteiger charge is 2.43. The Hall–Kier alpha value is -2.63. The van der Waals surface area contributed by atoms with Crippen LogP contribution in [0.3, 0.4) is 0 Å². The minimum absolute atomic E-state index is 0.0333. The Bertz CT molecular complexity index is 992. The van der Waals surface area contributed by atoms with E-state index >= 15 is 0 Å². The first-order valence-electron chi connectivity index (χ1n) is 9.72. The van der Waals surface area contributed by atoms with Gasteiger partial charge in [-0.2, -0.15) is 0 Å². The molecule has 0 aromatic heterocycles. The maximum atomic E-state index is 13.5.